The van der Waals surface area contributed by atoms with Gasteiger partial charge in [-0.15, -0.1) is 0 Å². The van der Waals surface area contributed by atoms with Crippen molar-refractivity contribution in [3.05, 3.63) is 64.7 Å². The number of ether oxygens (including phenoxy) is 1. The average Bonchev–Trinajstić information content (AvgIpc) is 2.65. The molecule has 6 heteroatoms. The second kappa shape index (κ2) is 10.3. The van der Waals surface area contributed by atoms with Gasteiger partial charge in [-0.3, -0.25) is 9.59 Å². The summed E-state index contributed by atoms with van der Waals surface area (Å²) in [5.41, 5.74) is 1.27. The van der Waals surface area contributed by atoms with Crippen LogP contribution in [-0.4, -0.2) is 24.0 Å². The highest BCUT2D eigenvalue weighted by atomic mass is 35.5. The van der Waals surface area contributed by atoms with E-state index in [4.69, 9.17) is 16.3 Å². The van der Waals surface area contributed by atoms with Crippen molar-refractivity contribution in [1.82, 2.24) is 10.6 Å². The highest BCUT2D eigenvalue weighted by molar-refractivity contribution is 6.33. The Morgan fingerprint density at radius 2 is 1.62 bits per heavy atom. The van der Waals surface area contributed by atoms with Crippen LogP contribution in [0.3, 0.4) is 0 Å². The van der Waals surface area contributed by atoms with E-state index in [2.05, 4.69) is 10.6 Å². The van der Waals surface area contributed by atoms with Crippen LogP contribution in [0.1, 0.15) is 56.6 Å². The predicted molar refractivity (Wildman–Crippen MR) is 116 cm³/mol. The number of halogens is 1. The Hall–Kier alpha value is -2.53. The topological polar surface area (TPSA) is 67.4 Å². The van der Waals surface area contributed by atoms with Crippen molar-refractivity contribution in [1.29, 1.82) is 0 Å². The first-order valence-electron chi connectivity index (χ1n) is 9.81. The third-order valence-electron chi connectivity index (χ3n) is 4.44. The number of hydrogen-bond acceptors (Lipinski definition) is 3. The molecule has 0 fully saturated rings. The molecule has 156 valence electrons. The minimum atomic E-state index is -0.684. The maximum absolute atomic E-state index is 12.9. The first-order chi connectivity index (χ1) is 13.7. The zero-order valence-corrected chi connectivity index (χ0v) is 18.3. The van der Waals surface area contributed by atoms with Crippen LogP contribution in [0.25, 0.3) is 0 Å². The van der Waals surface area contributed by atoms with E-state index in [1.54, 1.807) is 24.3 Å². The Kier molecular flexibility index (Phi) is 8.09. The summed E-state index contributed by atoms with van der Waals surface area (Å²) in [6.45, 7) is 9.61. The van der Waals surface area contributed by atoms with Crippen molar-refractivity contribution in [3.63, 3.8) is 0 Å². The van der Waals surface area contributed by atoms with Gasteiger partial charge in [0.15, 0.2) is 0 Å². The zero-order valence-electron chi connectivity index (χ0n) is 17.5. The first-order valence-corrected chi connectivity index (χ1v) is 10.2. The lowest BCUT2D eigenvalue weighted by Crippen LogP contribution is -2.50. The van der Waals surface area contributed by atoms with Crippen LogP contribution in [-0.2, 0) is 4.79 Å². The van der Waals surface area contributed by atoms with Gasteiger partial charge in [-0.25, -0.2) is 0 Å². The maximum atomic E-state index is 12.9. The zero-order chi connectivity index (χ0) is 21.6. The summed E-state index contributed by atoms with van der Waals surface area (Å²) in [6.07, 6.45) is 0.0699. The summed E-state index contributed by atoms with van der Waals surface area (Å²) in [6, 6.07) is 13.5. The number of carbonyl (C=O) groups is 2. The van der Waals surface area contributed by atoms with Crippen molar-refractivity contribution < 1.29 is 14.3 Å². The summed E-state index contributed by atoms with van der Waals surface area (Å²) in [5.74, 6) is 0.0443. The van der Waals surface area contributed by atoms with Crippen molar-refractivity contribution in [2.45, 2.75) is 52.8 Å². The number of hydrogen-bond donors (Lipinski definition) is 2. The van der Waals surface area contributed by atoms with Crippen molar-refractivity contribution in [3.8, 4) is 5.75 Å². The second-order valence-corrected chi connectivity index (χ2v) is 8.05. The molecule has 5 nitrogen and oxygen atoms in total. The van der Waals surface area contributed by atoms with Gasteiger partial charge in [-0.1, -0.05) is 49.7 Å². The fourth-order valence-corrected chi connectivity index (χ4v) is 3.14. The van der Waals surface area contributed by atoms with E-state index in [1.807, 2.05) is 58.9 Å². The molecule has 0 radical (unpaired) electrons. The van der Waals surface area contributed by atoms with Crippen molar-refractivity contribution in [2.75, 3.05) is 0 Å². The molecule has 2 aromatic carbocycles. The minimum Gasteiger partial charge on any atom is -0.491 e. The van der Waals surface area contributed by atoms with Crippen LogP contribution in [0.4, 0.5) is 0 Å². The number of amides is 2. The van der Waals surface area contributed by atoms with Gasteiger partial charge in [0, 0.05) is 0 Å². The Balaban J connectivity index is 2.09. The molecule has 2 rings (SSSR count). The highest BCUT2D eigenvalue weighted by Crippen LogP contribution is 2.21. The van der Waals surface area contributed by atoms with Gasteiger partial charge in [-0.05, 0) is 56.5 Å². The van der Waals surface area contributed by atoms with Gasteiger partial charge in [0.05, 0.1) is 22.7 Å². The van der Waals surface area contributed by atoms with Crippen LogP contribution in [0, 0.1) is 5.92 Å². The molecule has 2 N–H and O–H groups in total. The van der Waals surface area contributed by atoms with Gasteiger partial charge in [-0.2, -0.15) is 0 Å². The molecule has 0 aliphatic carbocycles. The third kappa shape index (κ3) is 6.50. The number of nitrogens with one attached hydrogen (secondary N) is 2. The Labute approximate surface area is 177 Å². The van der Waals surface area contributed by atoms with Gasteiger partial charge in [0.2, 0.25) is 5.91 Å². The SMILES string of the molecule is CC(C)Oc1cccc(C(C)NC(=O)C(NC(=O)c2ccccc2Cl)C(C)C)c1. The Morgan fingerprint density at radius 3 is 2.24 bits per heavy atom. The van der Waals surface area contributed by atoms with E-state index in [9.17, 15) is 9.59 Å². The van der Waals surface area contributed by atoms with Crippen molar-refractivity contribution in [2.24, 2.45) is 5.92 Å². The molecular weight excluding hydrogens is 388 g/mol. The smallest absolute Gasteiger partial charge is 0.253 e. The van der Waals surface area contributed by atoms with E-state index in [0.717, 1.165) is 11.3 Å². The van der Waals surface area contributed by atoms with Crippen LogP contribution in [0.2, 0.25) is 5.02 Å². The summed E-state index contributed by atoms with van der Waals surface area (Å²) in [7, 11) is 0. The first kappa shape index (κ1) is 22.8. The standard InChI is InChI=1S/C23H29ClN2O3/c1-14(2)21(26-22(27)19-11-6-7-12-20(19)24)23(28)25-16(5)17-9-8-10-18(13-17)29-15(3)4/h6-16,21H,1-5H3,(H,25,28)(H,26,27). The number of carbonyl (C=O) groups excluding carboxylic acids is 2. The minimum absolute atomic E-state index is 0.0699. The van der Waals surface area contributed by atoms with Crippen LogP contribution in [0.15, 0.2) is 48.5 Å². The van der Waals surface area contributed by atoms with Crippen molar-refractivity contribution >= 4 is 23.4 Å². The van der Waals surface area contributed by atoms with Crippen LogP contribution < -0.4 is 15.4 Å². The monoisotopic (exact) mass is 416 g/mol. The Morgan fingerprint density at radius 1 is 0.931 bits per heavy atom. The molecule has 0 heterocycles. The van der Waals surface area contributed by atoms with E-state index in [0.29, 0.717) is 10.6 Å². The fourth-order valence-electron chi connectivity index (χ4n) is 2.92. The summed E-state index contributed by atoms with van der Waals surface area (Å²) in [4.78, 5) is 25.5. The fraction of sp³-hybridized carbons (Fsp3) is 0.391. The molecule has 0 bridgehead atoms. The molecule has 0 aliphatic heterocycles. The predicted octanol–water partition coefficient (Wildman–Crippen LogP) is 4.76. The van der Waals surface area contributed by atoms with Gasteiger partial charge >= 0.3 is 0 Å². The van der Waals surface area contributed by atoms with E-state index in [-0.39, 0.29) is 29.9 Å². The molecule has 2 atom stereocenters. The summed E-state index contributed by atoms with van der Waals surface area (Å²) < 4.78 is 5.73. The average molecular weight is 417 g/mol. The second-order valence-electron chi connectivity index (χ2n) is 7.64. The summed E-state index contributed by atoms with van der Waals surface area (Å²) in [5, 5.41) is 6.15. The van der Waals surface area contributed by atoms with Gasteiger partial charge < -0.3 is 15.4 Å². The van der Waals surface area contributed by atoms with Crippen LogP contribution >= 0.6 is 11.6 Å². The van der Waals surface area contributed by atoms with Gasteiger partial charge in [0.1, 0.15) is 11.8 Å². The normalized spacial score (nSPS) is 13.1. The molecule has 0 saturated carbocycles. The lowest BCUT2D eigenvalue weighted by Gasteiger charge is -2.24. The number of rotatable bonds is 8. The van der Waals surface area contributed by atoms with Gasteiger partial charge in [0.25, 0.3) is 5.91 Å². The largest absolute Gasteiger partial charge is 0.491 e. The van der Waals surface area contributed by atoms with E-state index >= 15 is 0 Å². The molecule has 29 heavy (non-hydrogen) atoms. The summed E-state index contributed by atoms with van der Waals surface area (Å²) >= 11 is 6.10. The molecule has 0 saturated heterocycles. The van der Waals surface area contributed by atoms with E-state index < -0.39 is 6.04 Å². The molecule has 2 amide bonds. The quantitative estimate of drug-likeness (QED) is 0.652. The third-order valence-corrected chi connectivity index (χ3v) is 4.77. The molecule has 0 aromatic heterocycles. The molecule has 2 unspecified atom stereocenters. The molecule has 0 spiro atoms. The molecule has 2 aromatic rings. The molecule has 0 aliphatic rings. The van der Waals surface area contributed by atoms with Crippen LogP contribution in [0.5, 0.6) is 5.75 Å². The molecular formula is C23H29ClN2O3. The number of benzene rings is 2. The maximum Gasteiger partial charge on any atom is 0.253 e. The lowest BCUT2D eigenvalue weighted by atomic mass is 10.0. The Bertz CT molecular complexity index is 852. The van der Waals surface area contributed by atoms with E-state index in [1.165, 1.54) is 0 Å². The highest BCUT2D eigenvalue weighted by Gasteiger charge is 2.26. The lowest BCUT2D eigenvalue weighted by molar-refractivity contribution is -0.124.